The quantitative estimate of drug-likeness (QED) is 0.0194. The van der Waals surface area contributed by atoms with E-state index >= 15 is 0 Å². The normalized spacial score (nSPS) is 11.9. The second kappa shape index (κ2) is 54.7. The molecule has 0 fully saturated rings. The van der Waals surface area contributed by atoms with Gasteiger partial charge in [0.15, 0.2) is 0 Å². The molecular formula is C79H87Br3Cl3I2N7O29. The first kappa shape index (κ1) is 110. The maximum absolute atomic E-state index is 11.9. The van der Waals surface area contributed by atoms with Crippen molar-refractivity contribution >= 4 is 211 Å². The first-order valence-electron chi connectivity index (χ1n) is 35.4. The summed E-state index contributed by atoms with van der Waals surface area (Å²) in [6.07, 6.45) is -1.24. The molecule has 44 heteroatoms. The molecule has 7 amide bonds. The van der Waals surface area contributed by atoms with Gasteiger partial charge >= 0.3 is 41.8 Å². The molecule has 0 radical (unpaired) electrons. The van der Waals surface area contributed by atoms with Crippen molar-refractivity contribution in [1.29, 1.82) is 0 Å². The molecule has 123 heavy (non-hydrogen) atoms. The van der Waals surface area contributed by atoms with Gasteiger partial charge in [0, 0.05) is 70.9 Å². The maximum Gasteiger partial charge on any atom is 0.305 e. The Kier molecular flexibility index (Phi) is 49.1. The molecule has 7 unspecified atom stereocenters. The molecular weight excluding hydrogens is 2110 g/mol. The summed E-state index contributed by atoms with van der Waals surface area (Å²) in [7, 11) is 1.45. The van der Waals surface area contributed by atoms with E-state index in [0.29, 0.717) is 33.3 Å². The number of phenols is 7. The zero-order chi connectivity index (χ0) is 94.3. The molecule has 7 atom stereocenters. The summed E-state index contributed by atoms with van der Waals surface area (Å²) in [5, 5.41) is 145. The highest BCUT2D eigenvalue weighted by atomic mass is 127. The summed E-state index contributed by atoms with van der Waals surface area (Å²) in [6.45, 7) is 12.7. The van der Waals surface area contributed by atoms with Gasteiger partial charge in [0.05, 0.1) is 104 Å². The number of aromatic hydroxyl groups is 7. The second-order valence-corrected chi connectivity index (χ2v) is 32.7. The molecule has 7 rings (SSSR count). The summed E-state index contributed by atoms with van der Waals surface area (Å²) in [5.41, 5.74) is 1.14. The Hall–Kier alpha value is -10.7. The van der Waals surface area contributed by atoms with Crippen LogP contribution in [0.4, 0.5) is 0 Å². The van der Waals surface area contributed by atoms with Gasteiger partial charge in [-0.25, -0.2) is 0 Å². The lowest BCUT2D eigenvalue weighted by atomic mass is 10.1. The van der Waals surface area contributed by atoms with Crippen LogP contribution in [0.3, 0.4) is 0 Å². The van der Waals surface area contributed by atoms with Crippen LogP contribution in [0.2, 0.25) is 15.1 Å². The Morgan fingerprint density at radius 2 is 0.683 bits per heavy atom. The average molecular weight is 2200 g/mol. The Morgan fingerprint density at radius 1 is 0.341 bits per heavy atom. The van der Waals surface area contributed by atoms with E-state index in [1.54, 1.807) is 84.9 Å². The molecule has 0 aromatic heterocycles. The minimum Gasteiger partial charge on any atom is -0.507 e. The molecule has 0 aliphatic carbocycles. The Morgan fingerprint density at radius 3 is 1.06 bits per heavy atom. The first-order valence-corrected chi connectivity index (χ1v) is 41.1. The van der Waals surface area contributed by atoms with Gasteiger partial charge in [-0.1, -0.05) is 78.8 Å². The Bertz CT molecular complexity index is 4730. The van der Waals surface area contributed by atoms with E-state index in [1.807, 2.05) is 45.2 Å². The van der Waals surface area contributed by atoms with Gasteiger partial charge in [-0.2, -0.15) is 0 Å². The van der Waals surface area contributed by atoms with Crippen molar-refractivity contribution in [3.63, 3.8) is 0 Å². The molecule has 0 bridgehead atoms. The smallest absolute Gasteiger partial charge is 0.305 e. The Balaban J connectivity index is 0.000000718. The van der Waals surface area contributed by atoms with Gasteiger partial charge < -0.3 is 113 Å². The second-order valence-electron chi connectivity index (χ2n) is 26.3. The maximum atomic E-state index is 11.9. The SMILES string of the molecule is CC(CC(=O)O)NC(=O)c1cc(Br)cc(Br)c1O.CC(CC(=O)O)NC(=O)c1cc(Br)ccc1O.CC(CC(=O)O)NC(=O)c1cc(Cl)cc(Cl)c1O.CC(CC(=O)O)NC(=O)c1cc(I)cc(I)c1O.CC(CC(=O)O)NC(=O)c1ccc(Cl)cc1O.COc1ccc(C(=O)NC(C)CC(=O)O)c(O)c1.Cc1cccc(C(=O)NC(C)CC(=O)O)c1O. The fourth-order valence-electron chi connectivity index (χ4n) is 9.58. The number of rotatable bonds is 29. The molecule has 7 aromatic carbocycles. The fraction of sp³-hybridized carbons (Fsp3) is 0.291. The molecule has 0 aliphatic heterocycles. The molecule has 0 aliphatic rings. The lowest BCUT2D eigenvalue weighted by molar-refractivity contribution is -0.138. The molecule has 0 saturated heterocycles. The van der Waals surface area contributed by atoms with Crippen LogP contribution in [0.1, 0.15) is 171 Å². The minimum atomic E-state index is -1.03. The number of carbonyl (C=O) groups excluding carboxylic acids is 7. The molecule has 21 N–H and O–H groups in total. The lowest BCUT2D eigenvalue weighted by Gasteiger charge is -2.13. The molecule has 7 aromatic rings. The summed E-state index contributed by atoms with van der Waals surface area (Å²) in [4.78, 5) is 156. The van der Waals surface area contributed by atoms with Crippen molar-refractivity contribution in [3.05, 3.63) is 189 Å². The number of ether oxygens (including phenoxy) is 1. The van der Waals surface area contributed by atoms with E-state index in [4.69, 9.17) is 75.3 Å². The molecule has 0 spiro atoms. The van der Waals surface area contributed by atoms with Crippen molar-refractivity contribution in [2.24, 2.45) is 0 Å². The summed E-state index contributed by atoms with van der Waals surface area (Å²) in [6, 6.07) is 23.0. The number of hydrogen-bond donors (Lipinski definition) is 21. The van der Waals surface area contributed by atoms with Crippen molar-refractivity contribution < 1.29 is 143 Å². The number of methoxy groups -OCH3 is 1. The molecule has 36 nitrogen and oxygen atoms in total. The predicted octanol–water partition coefficient (Wildman–Crippen LogP) is 12.7. The summed E-state index contributed by atoms with van der Waals surface area (Å²) < 4.78 is 7.97. The van der Waals surface area contributed by atoms with E-state index in [-0.39, 0.29) is 134 Å². The number of aryl methyl sites for hydroxylation is 1. The number of phenolic OH excluding ortho intramolecular Hbond substituents is 7. The van der Waals surface area contributed by atoms with Crippen LogP contribution in [0.25, 0.3) is 0 Å². The third-order valence-corrected chi connectivity index (χ3v) is 18.9. The van der Waals surface area contributed by atoms with Crippen molar-refractivity contribution in [3.8, 4) is 46.0 Å². The number of hydrogen-bond acceptors (Lipinski definition) is 22. The number of carboxylic acid groups (broad SMARTS) is 7. The van der Waals surface area contributed by atoms with Crippen molar-refractivity contribution in [2.45, 2.75) is 143 Å². The van der Waals surface area contributed by atoms with Crippen LogP contribution in [-0.2, 0) is 33.6 Å². The predicted molar refractivity (Wildman–Crippen MR) is 476 cm³/mol. The monoisotopic (exact) mass is 2190 g/mol. The number of aliphatic carboxylic acids is 7. The number of benzene rings is 7. The minimum absolute atomic E-state index is 0.0430. The van der Waals surface area contributed by atoms with Crippen LogP contribution in [-0.4, -0.2) is 204 Å². The van der Waals surface area contributed by atoms with Gasteiger partial charge in [-0.15, -0.1) is 0 Å². The van der Waals surface area contributed by atoms with Crippen LogP contribution in [0.15, 0.2) is 123 Å². The van der Waals surface area contributed by atoms with Crippen molar-refractivity contribution in [1.82, 2.24) is 37.2 Å². The van der Waals surface area contributed by atoms with Crippen LogP contribution >= 0.6 is 128 Å². The van der Waals surface area contributed by atoms with Gasteiger partial charge in [-0.3, -0.25) is 67.1 Å². The standard InChI is InChI=1S/C12H15NO5.C12H15NO4.C11H11Br2NO4.C11H12BrNO4.C11H11Cl2NO4.C11H12ClNO4.C11H11I2NO4/c1-7(5-11(15)16)13-12(17)9-4-3-8(18-2)6-10(9)14;1-7-4-3-5-9(11(7)16)12(17)13-8(2)6-10(14)15;1-5(2-9(15)16)14-11(18)7-3-6(12)4-8(13)10(7)17;1-6(4-10(15)16)13-11(17)8-5-7(12)2-3-9(8)14;1-5(2-9(15)16)14-11(18)7-3-6(12)4-8(13)10(7)17;1-6(4-10(15)16)13-11(17)8-3-2-7(12)5-9(8)14;1-5(2-9(15)16)14-11(18)7-3-6(12)4-8(13)10(7)17/h3-4,6-7,14H,5H2,1-2H3,(H,13,17)(H,15,16);3-5,8,16H,6H2,1-2H3,(H,13,17)(H,14,15);3-5,17H,2H2,1H3,(H,14,18)(H,15,16);2-3,5-6,14H,4H2,1H3,(H,13,17)(H,15,16);3-5,17H,2H2,1H3,(H,14,18)(H,15,16);2-3,5-6,14H,4H2,1H3,(H,13,17)(H,15,16);3-5,17H,2H2,1H3,(H,14,18)(H,15,16). The van der Waals surface area contributed by atoms with E-state index in [9.17, 15) is 103 Å². The van der Waals surface area contributed by atoms with Crippen LogP contribution in [0.5, 0.6) is 46.0 Å². The van der Waals surface area contributed by atoms with Crippen LogP contribution in [0, 0.1) is 14.1 Å². The van der Waals surface area contributed by atoms with E-state index in [0.717, 1.165) is 3.57 Å². The highest BCUT2D eigenvalue weighted by Gasteiger charge is 2.25. The van der Waals surface area contributed by atoms with E-state index in [1.165, 1.54) is 86.8 Å². The van der Waals surface area contributed by atoms with Crippen molar-refractivity contribution in [2.75, 3.05) is 7.11 Å². The number of nitrogens with one attached hydrogen (secondary N) is 7. The summed E-state index contributed by atoms with van der Waals surface area (Å²) >= 11 is 30.5. The van der Waals surface area contributed by atoms with Gasteiger partial charge in [0.25, 0.3) is 41.4 Å². The van der Waals surface area contributed by atoms with E-state index < -0.39 is 125 Å². The highest BCUT2D eigenvalue weighted by Crippen LogP contribution is 2.34. The number of para-hydroxylation sites is 1. The zero-order valence-corrected chi connectivity index (χ0v) is 77.6. The lowest BCUT2D eigenvalue weighted by Crippen LogP contribution is -2.34. The largest absolute Gasteiger partial charge is 0.507 e. The average Bonchev–Trinajstić information content (AvgIpc) is 0.816. The van der Waals surface area contributed by atoms with Crippen LogP contribution < -0.4 is 42.0 Å². The van der Waals surface area contributed by atoms with Gasteiger partial charge in [-0.05, 0) is 213 Å². The van der Waals surface area contributed by atoms with Gasteiger partial charge in [0.2, 0.25) is 0 Å². The number of halogens is 8. The number of amides is 7. The van der Waals surface area contributed by atoms with E-state index in [2.05, 4.69) is 85.0 Å². The number of carboxylic acids is 7. The fourth-order valence-corrected chi connectivity index (χ4v) is 13.7. The third-order valence-electron chi connectivity index (χ3n) is 15.2. The number of carbonyl (C=O) groups is 14. The zero-order valence-electron chi connectivity index (χ0n) is 66.3. The molecule has 0 heterocycles. The summed E-state index contributed by atoms with van der Waals surface area (Å²) in [5.74, 6) is -11.5. The first-order chi connectivity index (χ1) is 57.1. The van der Waals surface area contributed by atoms with Gasteiger partial charge in [0.1, 0.15) is 46.0 Å². The molecule has 0 saturated carbocycles. The highest BCUT2D eigenvalue weighted by molar-refractivity contribution is 14.1. The molecule has 668 valence electrons. The third kappa shape index (κ3) is 42.8. The topological polar surface area (TPSA) is 616 Å². The Labute approximate surface area is 770 Å².